The number of nitrogens with zero attached hydrogens (tertiary/aromatic N) is 1. The normalized spacial score (nSPS) is 13.4. The van der Waals surface area contributed by atoms with Crippen molar-refractivity contribution in [3.05, 3.63) is 113 Å². The van der Waals surface area contributed by atoms with Crippen LogP contribution in [0.1, 0.15) is 47.6 Å². The minimum atomic E-state index is -1.03. The minimum Gasteiger partial charge on any atom is -0.497 e. The largest absolute Gasteiger partial charge is 0.497 e. The molecule has 2 unspecified atom stereocenters. The summed E-state index contributed by atoms with van der Waals surface area (Å²) >= 11 is 0. The molecule has 8 heteroatoms. The minimum absolute atomic E-state index is 0.0592. The van der Waals surface area contributed by atoms with E-state index in [0.717, 1.165) is 22.3 Å². The summed E-state index contributed by atoms with van der Waals surface area (Å²) in [7, 11) is 3.13. The first-order valence-electron chi connectivity index (χ1n) is 13.7. The summed E-state index contributed by atoms with van der Waals surface area (Å²) in [5, 5.41) is 10.7. The first kappa shape index (κ1) is 28.7. The maximum absolute atomic E-state index is 12.7. The Hall–Kier alpha value is -4.82. The van der Waals surface area contributed by atoms with E-state index in [1.165, 1.54) is 5.06 Å². The Morgan fingerprint density at radius 1 is 0.881 bits per heavy atom. The molecule has 42 heavy (non-hydrogen) atoms. The van der Waals surface area contributed by atoms with Crippen LogP contribution in [0, 0.1) is 0 Å². The number of ether oxygens (including phenoxy) is 3. The van der Waals surface area contributed by atoms with Crippen molar-refractivity contribution in [2.75, 3.05) is 20.8 Å². The van der Waals surface area contributed by atoms with E-state index in [0.29, 0.717) is 41.2 Å². The molecule has 0 spiro atoms. The number of hydroxylamine groups is 2. The molecule has 5 rings (SSSR count). The van der Waals surface area contributed by atoms with Crippen LogP contribution in [0.3, 0.4) is 0 Å². The number of carbonyl (C=O) groups excluding carboxylic acids is 1. The van der Waals surface area contributed by atoms with Crippen molar-refractivity contribution in [1.82, 2.24) is 5.06 Å². The van der Waals surface area contributed by atoms with Gasteiger partial charge in [-0.05, 0) is 58.5 Å². The first-order chi connectivity index (χ1) is 20.5. The fraction of sp³-hybridized carbons (Fsp3) is 0.235. The number of carboxylic acids is 1. The fourth-order valence-electron chi connectivity index (χ4n) is 5.48. The second-order valence-electron chi connectivity index (χ2n) is 9.92. The van der Waals surface area contributed by atoms with E-state index in [2.05, 4.69) is 24.3 Å². The van der Waals surface area contributed by atoms with Crippen LogP contribution in [-0.2, 0) is 14.4 Å². The van der Waals surface area contributed by atoms with Gasteiger partial charge in [0.1, 0.15) is 23.3 Å². The molecule has 0 aliphatic heterocycles. The molecule has 1 aliphatic rings. The molecule has 2 atom stereocenters. The SMILES string of the molecule is CCC(Oc1ccc(C(c2ccc(OC)cc2OC)N(C=O)OCC2c3ccccc3-c3ccccc32)cc1)C(=O)O. The molecule has 8 nitrogen and oxygen atoms in total. The molecule has 1 N–H and O–H groups in total. The van der Waals surface area contributed by atoms with E-state index < -0.39 is 18.1 Å². The van der Waals surface area contributed by atoms with Crippen LogP contribution in [0.4, 0.5) is 0 Å². The third kappa shape index (κ3) is 5.66. The van der Waals surface area contributed by atoms with Crippen LogP contribution >= 0.6 is 0 Å². The van der Waals surface area contributed by atoms with Crippen LogP contribution < -0.4 is 14.2 Å². The van der Waals surface area contributed by atoms with Crippen molar-refractivity contribution < 1.29 is 33.7 Å². The monoisotopic (exact) mass is 567 g/mol. The summed E-state index contributed by atoms with van der Waals surface area (Å²) < 4.78 is 16.7. The molecule has 0 bridgehead atoms. The lowest BCUT2D eigenvalue weighted by Crippen LogP contribution is -2.31. The van der Waals surface area contributed by atoms with E-state index in [9.17, 15) is 14.7 Å². The number of aliphatic carboxylic acids is 1. The summed E-state index contributed by atoms with van der Waals surface area (Å²) in [5.74, 6) is 0.443. The van der Waals surface area contributed by atoms with Crippen LogP contribution in [0.5, 0.6) is 17.2 Å². The zero-order valence-electron chi connectivity index (χ0n) is 23.7. The molecule has 0 heterocycles. The van der Waals surface area contributed by atoms with Crippen molar-refractivity contribution in [3.63, 3.8) is 0 Å². The number of hydrogen-bond acceptors (Lipinski definition) is 6. The molecule has 1 aliphatic carbocycles. The van der Waals surface area contributed by atoms with Gasteiger partial charge in [0, 0.05) is 17.5 Å². The number of benzene rings is 4. The van der Waals surface area contributed by atoms with Crippen LogP contribution in [0.25, 0.3) is 11.1 Å². The summed E-state index contributed by atoms with van der Waals surface area (Å²) in [6.07, 6.45) is 0.0340. The van der Waals surface area contributed by atoms with E-state index in [1.54, 1.807) is 57.5 Å². The molecule has 0 aromatic heterocycles. The Morgan fingerprint density at radius 2 is 1.50 bits per heavy atom. The Balaban J connectivity index is 1.49. The molecule has 0 saturated carbocycles. The number of amides is 1. The van der Waals surface area contributed by atoms with E-state index >= 15 is 0 Å². The van der Waals surface area contributed by atoms with Crippen LogP contribution in [0.2, 0.25) is 0 Å². The Kier molecular flexibility index (Phi) is 8.74. The van der Waals surface area contributed by atoms with Crippen LogP contribution in [0.15, 0.2) is 91.0 Å². The lowest BCUT2D eigenvalue weighted by molar-refractivity contribution is -0.184. The molecule has 216 valence electrons. The van der Waals surface area contributed by atoms with E-state index in [-0.39, 0.29) is 12.5 Å². The zero-order chi connectivity index (χ0) is 29.6. The molecule has 0 fully saturated rings. The van der Waals surface area contributed by atoms with Crippen LogP contribution in [-0.4, -0.2) is 49.5 Å². The maximum Gasteiger partial charge on any atom is 0.344 e. The van der Waals surface area contributed by atoms with Gasteiger partial charge in [0.15, 0.2) is 6.10 Å². The Morgan fingerprint density at radius 3 is 2.05 bits per heavy atom. The summed E-state index contributed by atoms with van der Waals surface area (Å²) in [6.45, 7) is 1.99. The molecular weight excluding hydrogens is 534 g/mol. The van der Waals surface area contributed by atoms with Gasteiger partial charge in [0.2, 0.25) is 6.41 Å². The van der Waals surface area contributed by atoms with Crippen molar-refractivity contribution in [2.24, 2.45) is 0 Å². The Bertz CT molecular complexity index is 1510. The van der Waals surface area contributed by atoms with Gasteiger partial charge in [0.05, 0.1) is 20.8 Å². The number of hydrogen-bond donors (Lipinski definition) is 1. The first-order valence-corrected chi connectivity index (χ1v) is 13.7. The quantitative estimate of drug-likeness (QED) is 0.151. The third-order valence-electron chi connectivity index (χ3n) is 7.57. The second-order valence-corrected chi connectivity index (χ2v) is 9.92. The number of fused-ring (bicyclic) bond motifs is 3. The number of carboxylic acid groups (broad SMARTS) is 1. The lowest BCUT2D eigenvalue weighted by Gasteiger charge is -2.30. The molecule has 4 aromatic carbocycles. The van der Waals surface area contributed by atoms with Gasteiger partial charge in [-0.2, -0.15) is 0 Å². The summed E-state index contributed by atoms with van der Waals surface area (Å²) in [5.41, 5.74) is 6.02. The van der Waals surface area contributed by atoms with Gasteiger partial charge in [-0.25, -0.2) is 9.86 Å². The summed E-state index contributed by atoms with van der Waals surface area (Å²) in [6, 6.07) is 28.1. The van der Waals surface area contributed by atoms with Gasteiger partial charge in [-0.15, -0.1) is 0 Å². The van der Waals surface area contributed by atoms with Gasteiger partial charge < -0.3 is 19.3 Å². The maximum atomic E-state index is 12.7. The van der Waals surface area contributed by atoms with Gasteiger partial charge in [-0.3, -0.25) is 9.63 Å². The van der Waals surface area contributed by atoms with Gasteiger partial charge in [-0.1, -0.05) is 67.6 Å². The number of carbonyl (C=O) groups is 2. The second kappa shape index (κ2) is 12.8. The zero-order valence-corrected chi connectivity index (χ0v) is 23.7. The van der Waals surface area contributed by atoms with Crippen molar-refractivity contribution in [1.29, 1.82) is 0 Å². The molecule has 4 aromatic rings. The predicted octanol–water partition coefficient (Wildman–Crippen LogP) is 6.24. The number of rotatable bonds is 13. The average Bonchev–Trinajstić information content (AvgIpc) is 3.35. The average molecular weight is 568 g/mol. The lowest BCUT2D eigenvalue weighted by atomic mass is 9.97. The smallest absolute Gasteiger partial charge is 0.344 e. The highest BCUT2D eigenvalue weighted by Gasteiger charge is 2.32. The standard InChI is InChI=1S/C34H33NO7/c1-4-31(34(37)38)42-23-15-13-22(14-16-23)33(29-18-17-24(39-2)19-32(29)40-3)35(21-36)41-20-30-27-11-7-5-9-25(27)26-10-6-8-12-28(26)30/h5-19,21,30-31,33H,4,20H2,1-3H3,(H,37,38). The van der Waals surface area contributed by atoms with Crippen molar-refractivity contribution >= 4 is 12.4 Å². The molecular formula is C34H33NO7. The molecule has 0 saturated heterocycles. The Labute approximate surface area is 245 Å². The van der Waals surface area contributed by atoms with Gasteiger partial charge in [0.25, 0.3) is 0 Å². The third-order valence-corrected chi connectivity index (χ3v) is 7.57. The van der Waals surface area contributed by atoms with E-state index in [1.807, 2.05) is 30.3 Å². The highest BCUT2D eigenvalue weighted by Crippen LogP contribution is 2.45. The van der Waals surface area contributed by atoms with E-state index in [4.69, 9.17) is 19.0 Å². The highest BCUT2D eigenvalue weighted by atomic mass is 16.7. The van der Waals surface area contributed by atoms with Crippen molar-refractivity contribution in [3.8, 4) is 28.4 Å². The number of methoxy groups -OCH3 is 2. The van der Waals surface area contributed by atoms with Gasteiger partial charge >= 0.3 is 5.97 Å². The summed E-state index contributed by atoms with van der Waals surface area (Å²) in [4.78, 5) is 30.5. The topological polar surface area (TPSA) is 94.5 Å². The predicted molar refractivity (Wildman–Crippen MR) is 158 cm³/mol. The highest BCUT2D eigenvalue weighted by molar-refractivity contribution is 5.78. The van der Waals surface area contributed by atoms with Crippen molar-refractivity contribution in [2.45, 2.75) is 31.4 Å². The fourth-order valence-corrected chi connectivity index (χ4v) is 5.48. The molecule has 0 radical (unpaired) electrons. The molecule has 1 amide bonds.